The predicted octanol–water partition coefficient (Wildman–Crippen LogP) is 3.02. The summed E-state index contributed by atoms with van der Waals surface area (Å²) in [7, 11) is 0. The van der Waals surface area contributed by atoms with E-state index < -0.39 is 0 Å². The van der Waals surface area contributed by atoms with Crippen LogP contribution in [0.2, 0.25) is 5.02 Å². The van der Waals surface area contributed by atoms with Gasteiger partial charge in [0.15, 0.2) is 0 Å². The monoisotopic (exact) mass is 307 g/mol. The maximum Gasteiger partial charge on any atom is 0.224 e. The maximum absolute atomic E-state index is 12.0. The third-order valence-corrected chi connectivity index (χ3v) is 4.21. The van der Waals surface area contributed by atoms with Crippen LogP contribution in [0.15, 0.2) is 30.6 Å². The fourth-order valence-corrected chi connectivity index (χ4v) is 2.88. The minimum atomic E-state index is 0. The van der Waals surface area contributed by atoms with Crippen molar-refractivity contribution in [3.05, 3.63) is 52.6 Å². The molecule has 1 aliphatic rings. The Kier molecular flexibility index (Phi) is 4.25. The number of hydrogen-bond donors (Lipinski definition) is 2. The fourth-order valence-electron chi connectivity index (χ4n) is 2.76. The van der Waals surface area contributed by atoms with Crippen LogP contribution in [0.5, 0.6) is 0 Å². The van der Waals surface area contributed by atoms with Crippen LogP contribution in [0.4, 0.5) is 0 Å². The molecule has 4 nitrogen and oxygen atoms in total. The first-order valence-corrected chi connectivity index (χ1v) is 7.61. The highest BCUT2D eigenvalue weighted by atomic mass is 35.5. The molecule has 3 rings (SSSR count). The predicted molar refractivity (Wildman–Crippen MR) is 86.5 cm³/mol. The van der Waals surface area contributed by atoms with Crippen LogP contribution in [0.3, 0.4) is 0 Å². The molecular formula is C16H22ClN3O. The molecule has 2 N–H and O–H groups in total. The zero-order valence-electron chi connectivity index (χ0n) is 11.7. The molecule has 1 atom stereocenters. The van der Waals surface area contributed by atoms with Crippen molar-refractivity contribution in [1.29, 1.82) is 0 Å². The number of nitrogens with zero attached hydrogens (tertiary/aromatic N) is 1. The number of benzene rings is 1. The van der Waals surface area contributed by atoms with Crippen molar-refractivity contribution in [3.8, 4) is 0 Å². The zero-order chi connectivity index (χ0) is 14.7. The smallest absolute Gasteiger partial charge is 0.224 e. The number of hydrogen-bond acceptors (Lipinski definition) is 2. The average molecular weight is 308 g/mol. The summed E-state index contributed by atoms with van der Waals surface area (Å²) < 4.78 is 0. The van der Waals surface area contributed by atoms with Crippen molar-refractivity contribution in [1.82, 2.24) is 15.3 Å². The van der Waals surface area contributed by atoms with Gasteiger partial charge in [-0.15, -0.1) is 0 Å². The van der Waals surface area contributed by atoms with Crippen LogP contribution in [0.1, 0.15) is 26.2 Å². The number of amides is 1. The van der Waals surface area contributed by atoms with Gasteiger partial charge in [-0.3, -0.25) is 4.79 Å². The first-order chi connectivity index (χ1) is 10.2. The number of carbonyl (C=O) groups excluding carboxylic acids is 1. The number of aromatic amines is 1. The molecule has 21 heavy (non-hydrogen) atoms. The SMILES string of the molecule is O=C(Cc1ccc(Cl)cc1)NCC1CCc2nc[nH]c2C1.[HH].[HH]. The van der Waals surface area contributed by atoms with Gasteiger partial charge in [-0.1, -0.05) is 23.7 Å². The van der Waals surface area contributed by atoms with E-state index in [0.717, 1.165) is 31.4 Å². The molecule has 1 heterocycles. The van der Waals surface area contributed by atoms with Gasteiger partial charge >= 0.3 is 0 Å². The fraction of sp³-hybridized carbons (Fsp3) is 0.375. The molecule has 0 saturated heterocycles. The first-order valence-electron chi connectivity index (χ1n) is 7.23. The van der Waals surface area contributed by atoms with Gasteiger partial charge < -0.3 is 10.3 Å². The minimum absolute atomic E-state index is 0. The van der Waals surface area contributed by atoms with Gasteiger partial charge in [-0.2, -0.15) is 0 Å². The van der Waals surface area contributed by atoms with Crippen LogP contribution in [-0.2, 0) is 24.1 Å². The van der Waals surface area contributed by atoms with Crippen LogP contribution < -0.4 is 5.32 Å². The summed E-state index contributed by atoms with van der Waals surface area (Å²) in [5, 5.41) is 3.72. The molecule has 0 radical (unpaired) electrons. The van der Waals surface area contributed by atoms with E-state index in [1.165, 1.54) is 11.4 Å². The van der Waals surface area contributed by atoms with Gasteiger partial charge in [0, 0.05) is 20.1 Å². The molecular weight excluding hydrogens is 286 g/mol. The average Bonchev–Trinajstić information content (AvgIpc) is 2.95. The third kappa shape index (κ3) is 3.64. The second kappa shape index (κ2) is 6.31. The molecule has 1 unspecified atom stereocenters. The van der Waals surface area contributed by atoms with E-state index in [9.17, 15) is 4.79 Å². The number of fused-ring (bicyclic) bond motifs is 1. The molecule has 0 fully saturated rings. The summed E-state index contributed by atoms with van der Waals surface area (Å²) in [5.41, 5.74) is 3.38. The molecule has 2 aromatic rings. The Bertz CT molecular complexity index is 631. The van der Waals surface area contributed by atoms with Crippen molar-refractivity contribution in [2.24, 2.45) is 5.92 Å². The molecule has 0 aliphatic heterocycles. The van der Waals surface area contributed by atoms with Gasteiger partial charge in [-0.25, -0.2) is 4.98 Å². The first kappa shape index (κ1) is 14.1. The molecule has 0 saturated carbocycles. The lowest BCUT2D eigenvalue weighted by molar-refractivity contribution is -0.120. The normalized spacial score (nSPS) is 17.3. The zero-order valence-corrected chi connectivity index (χ0v) is 12.5. The standard InChI is InChI=1S/C16H18ClN3O.2H2/c17-13-4-1-11(2-5-13)8-16(21)18-9-12-3-6-14-15(7-12)20-10-19-14;;/h1-2,4-5,10,12H,3,6-9H2,(H,18,21)(H,19,20);2*1H. The number of aryl methyl sites for hydroxylation is 1. The topological polar surface area (TPSA) is 57.8 Å². The Labute approximate surface area is 131 Å². The Morgan fingerprint density at radius 2 is 2.24 bits per heavy atom. The van der Waals surface area contributed by atoms with Crippen LogP contribution in [0.25, 0.3) is 0 Å². The quantitative estimate of drug-likeness (QED) is 0.912. The highest BCUT2D eigenvalue weighted by Crippen LogP contribution is 2.22. The van der Waals surface area contributed by atoms with E-state index in [0.29, 0.717) is 17.4 Å². The van der Waals surface area contributed by atoms with Crippen molar-refractivity contribution in [2.45, 2.75) is 25.7 Å². The number of rotatable bonds is 4. The number of aromatic nitrogens is 2. The van der Waals surface area contributed by atoms with Crippen molar-refractivity contribution in [2.75, 3.05) is 6.54 Å². The number of nitrogens with one attached hydrogen (secondary N) is 2. The van der Waals surface area contributed by atoms with Gasteiger partial charge in [0.2, 0.25) is 5.91 Å². The Hall–Kier alpha value is -1.81. The van der Waals surface area contributed by atoms with E-state index in [1.54, 1.807) is 6.33 Å². The largest absolute Gasteiger partial charge is 0.356 e. The van der Waals surface area contributed by atoms with Gasteiger partial charge in [0.05, 0.1) is 18.4 Å². The lowest BCUT2D eigenvalue weighted by atomic mass is 9.90. The number of halogens is 1. The molecule has 1 aliphatic carbocycles. The van der Waals surface area contributed by atoms with E-state index in [2.05, 4.69) is 15.3 Å². The second-order valence-electron chi connectivity index (χ2n) is 5.54. The highest BCUT2D eigenvalue weighted by molar-refractivity contribution is 6.30. The Morgan fingerprint density at radius 1 is 1.43 bits per heavy atom. The van der Waals surface area contributed by atoms with E-state index in [4.69, 9.17) is 11.6 Å². The minimum Gasteiger partial charge on any atom is -0.356 e. The van der Waals surface area contributed by atoms with Gasteiger partial charge in [-0.05, 0) is 42.9 Å². The molecule has 1 aromatic heterocycles. The van der Waals surface area contributed by atoms with Crippen molar-refractivity contribution < 1.29 is 7.65 Å². The molecule has 1 amide bonds. The molecule has 1 aromatic carbocycles. The molecule has 5 heteroatoms. The van der Waals surface area contributed by atoms with E-state index >= 15 is 0 Å². The number of H-pyrrole nitrogens is 1. The summed E-state index contributed by atoms with van der Waals surface area (Å²) in [6.07, 6.45) is 5.21. The van der Waals surface area contributed by atoms with Crippen molar-refractivity contribution >= 4 is 17.5 Å². The van der Waals surface area contributed by atoms with Gasteiger partial charge in [0.25, 0.3) is 0 Å². The van der Waals surface area contributed by atoms with Gasteiger partial charge in [0.1, 0.15) is 0 Å². The lowest BCUT2D eigenvalue weighted by Crippen LogP contribution is -2.33. The Balaban J connectivity index is 0.00000132. The second-order valence-corrected chi connectivity index (χ2v) is 5.98. The van der Waals surface area contributed by atoms with Crippen LogP contribution in [0, 0.1) is 5.92 Å². The lowest BCUT2D eigenvalue weighted by Gasteiger charge is -2.21. The van der Waals surface area contributed by atoms with Crippen molar-refractivity contribution in [3.63, 3.8) is 0 Å². The number of carbonyl (C=O) groups is 1. The summed E-state index contributed by atoms with van der Waals surface area (Å²) in [4.78, 5) is 19.5. The summed E-state index contributed by atoms with van der Waals surface area (Å²) in [5.74, 6) is 0.555. The van der Waals surface area contributed by atoms with Crippen LogP contribution in [-0.4, -0.2) is 22.4 Å². The Morgan fingerprint density at radius 3 is 3.05 bits per heavy atom. The summed E-state index contributed by atoms with van der Waals surface area (Å²) >= 11 is 5.83. The van der Waals surface area contributed by atoms with E-state index in [-0.39, 0.29) is 8.76 Å². The van der Waals surface area contributed by atoms with Crippen LogP contribution >= 0.6 is 11.6 Å². The van der Waals surface area contributed by atoms with E-state index in [1.807, 2.05) is 24.3 Å². The maximum atomic E-state index is 12.0. The molecule has 114 valence electrons. The highest BCUT2D eigenvalue weighted by Gasteiger charge is 2.20. The summed E-state index contributed by atoms with van der Waals surface area (Å²) in [6.45, 7) is 0.727. The third-order valence-electron chi connectivity index (χ3n) is 3.96. The number of imidazole rings is 1. The molecule has 0 bridgehead atoms. The summed E-state index contributed by atoms with van der Waals surface area (Å²) in [6, 6.07) is 7.40. The molecule has 0 spiro atoms.